The molecule has 1 fully saturated rings. The standard InChI is InChI=1S/C15H21BrN4O2/c1-15(2,3)22-14(21)19-4-5-20-11(9-19)8-17-12-6-10(16)7-18-13(12)20/h6-7,11,17H,4-5,8-9H2,1-3H3/t11-/m1/s1. The van der Waals surface area contributed by atoms with E-state index in [2.05, 4.69) is 31.1 Å². The first-order valence-corrected chi connectivity index (χ1v) is 8.27. The maximum Gasteiger partial charge on any atom is 0.410 e. The molecule has 1 N–H and O–H groups in total. The molecule has 120 valence electrons. The van der Waals surface area contributed by atoms with Gasteiger partial charge in [-0.25, -0.2) is 9.78 Å². The van der Waals surface area contributed by atoms with Crippen LogP contribution in [0.3, 0.4) is 0 Å². The van der Waals surface area contributed by atoms with Crippen molar-refractivity contribution < 1.29 is 9.53 Å². The molecule has 7 heteroatoms. The molecule has 0 spiro atoms. The average molecular weight is 369 g/mol. The highest BCUT2D eigenvalue weighted by molar-refractivity contribution is 9.10. The number of ether oxygens (including phenoxy) is 1. The number of fused-ring (bicyclic) bond motifs is 3. The van der Waals surface area contributed by atoms with Gasteiger partial charge in [-0.2, -0.15) is 0 Å². The van der Waals surface area contributed by atoms with Crippen LogP contribution in [0, 0.1) is 0 Å². The summed E-state index contributed by atoms with van der Waals surface area (Å²) in [6, 6.07) is 2.26. The number of nitrogens with zero attached hydrogens (tertiary/aromatic N) is 3. The fourth-order valence-electron chi connectivity index (χ4n) is 2.82. The molecule has 1 atom stereocenters. The highest BCUT2D eigenvalue weighted by Crippen LogP contribution is 2.33. The minimum absolute atomic E-state index is 0.224. The summed E-state index contributed by atoms with van der Waals surface area (Å²) in [6.45, 7) is 8.55. The number of pyridine rings is 1. The van der Waals surface area contributed by atoms with E-state index in [4.69, 9.17) is 4.74 Å². The third-order valence-corrected chi connectivity index (χ3v) is 4.20. The van der Waals surface area contributed by atoms with Gasteiger partial charge < -0.3 is 19.9 Å². The fourth-order valence-corrected chi connectivity index (χ4v) is 3.15. The lowest BCUT2D eigenvalue weighted by Gasteiger charge is -2.45. The normalized spacial score (nSPS) is 20.8. The summed E-state index contributed by atoms with van der Waals surface area (Å²) in [5.74, 6) is 0.961. The Hall–Kier alpha value is -1.50. The molecule has 0 bridgehead atoms. The second kappa shape index (κ2) is 5.61. The molecule has 3 rings (SSSR count). The molecule has 1 aromatic rings. The minimum atomic E-state index is -0.459. The van der Waals surface area contributed by atoms with Crippen LogP contribution in [-0.4, -0.2) is 53.8 Å². The summed E-state index contributed by atoms with van der Waals surface area (Å²) in [4.78, 5) is 20.8. The largest absolute Gasteiger partial charge is 0.444 e. The maximum absolute atomic E-state index is 12.2. The second-order valence-corrected chi connectivity index (χ2v) is 7.59. The number of anilines is 2. The van der Waals surface area contributed by atoms with Crippen molar-refractivity contribution in [3.8, 4) is 0 Å². The van der Waals surface area contributed by atoms with E-state index >= 15 is 0 Å². The van der Waals surface area contributed by atoms with Crippen LogP contribution in [-0.2, 0) is 4.74 Å². The number of hydrogen-bond acceptors (Lipinski definition) is 5. The van der Waals surface area contributed by atoms with Crippen molar-refractivity contribution in [3.63, 3.8) is 0 Å². The molecule has 2 aliphatic heterocycles. The van der Waals surface area contributed by atoms with Crippen molar-refractivity contribution in [3.05, 3.63) is 16.7 Å². The number of aromatic nitrogens is 1. The van der Waals surface area contributed by atoms with Crippen molar-refractivity contribution in [2.24, 2.45) is 0 Å². The molecule has 1 aromatic heterocycles. The molecule has 3 heterocycles. The predicted molar refractivity (Wildman–Crippen MR) is 89.4 cm³/mol. The molecule has 0 aromatic carbocycles. The smallest absolute Gasteiger partial charge is 0.410 e. The van der Waals surface area contributed by atoms with Gasteiger partial charge in [0.25, 0.3) is 0 Å². The molecule has 22 heavy (non-hydrogen) atoms. The van der Waals surface area contributed by atoms with Crippen LogP contribution in [0.15, 0.2) is 16.7 Å². The Balaban J connectivity index is 1.71. The van der Waals surface area contributed by atoms with Crippen LogP contribution < -0.4 is 10.2 Å². The SMILES string of the molecule is CC(C)(C)OC(=O)N1CCN2c3ncc(Br)cc3NC[C@@H]2C1. The Kier molecular flexibility index (Phi) is 3.92. The molecule has 0 unspecified atom stereocenters. The average Bonchev–Trinajstić information content (AvgIpc) is 2.44. The van der Waals surface area contributed by atoms with Gasteiger partial charge in [0.15, 0.2) is 5.82 Å². The zero-order valence-electron chi connectivity index (χ0n) is 13.1. The summed E-state index contributed by atoms with van der Waals surface area (Å²) in [5, 5.41) is 3.40. The van der Waals surface area contributed by atoms with E-state index in [-0.39, 0.29) is 12.1 Å². The number of halogens is 1. The zero-order chi connectivity index (χ0) is 15.9. The van der Waals surface area contributed by atoms with Gasteiger partial charge >= 0.3 is 6.09 Å². The number of amides is 1. The van der Waals surface area contributed by atoms with E-state index in [1.807, 2.05) is 33.0 Å². The van der Waals surface area contributed by atoms with Crippen LogP contribution in [0.1, 0.15) is 20.8 Å². The van der Waals surface area contributed by atoms with Crippen molar-refractivity contribution >= 4 is 33.5 Å². The predicted octanol–water partition coefficient (Wildman–Crippen LogP) is 2.70. The molecule has 2 aliphatic rings. The minimum Gasteiger partial charge on any atom is -0.444 e. The van der Waals surface area contributed by atoms with Gasteiger partial charge in [0, 0.05) is 36.8 Å². The molecular weight excluding hydrogens is 348 g/mol. The van der Waals surface area contributed by atoms with E-state index in [0.717, 1.165) is 29.1 Å². The molecule has 0 aliphatic carbocycles. The van der Waals surface area contributed by atoms with Gasteiger partial charge in [0.2, 0.25) is 0 Å². The lowest BCUT2D eigenvalue weighted by molar-refractivity contribution is 0.0216. The van der Waals surface area contributed by atoms with Crippen LogP contribution in [0.2, 0.25) is 0 Å². The van der Waals surface area contributed by atoms with Crippen LogP contribution in [0.5, 0.6) is 0 Å². The third kappa shape index (κ3) is 3.14. The number of nitrogens with one attached hydrogen (secondary N) is 1. The van der Waals surface area contributed by atoms with Gasteiger partial charge in [-0.3, -0.25) is 0 Å². The Morgan fingerprint density at radius 1 is 1.45 bits per heavy atom. The van der Waals surface area contributed by atoms with Crippen LogP contribution >= 0.6 is 15.9 Å². The van der Waals surface area contributed by atoms with Gasteiger partial charge in [-0.15, -0.1) is 0 Å². The van der Waals surface area contributed by atoms with E-state index < -0.39 is 5.60 Å². The number of piperazine rings is 1. The molecule has 0 saturated carbocycles. The van der Waals surface area contributed by atoms with Crippen LogP contribution in [0.4, 0.5) is 16.3 Å². The number of rotatable bonds is 0. The number of carbonyl (C=O) groups is 1. The van der Waals surface area contributed by atoms with Crippen LogP contribution in [0.25, 0.3) is 0 Å². The lowest BCUT2D eigenvalue weighted by Crippen LogP contribution is -2.59. The van der Waals surface area contributed by atoms with E-state index in [0.29, 0.717) is 13.1 Å². The Bertz CT molecular complexity index is 587. The number of hydrogen-bond donors (Lipinski definition) is 1. The summed E-state index contributed by atoms with van der Waals surface area (Å²) in [7, 11) is 0. The lowest BCUT2D eigenvalue weighted by atomic mass is 10.1. The molecule has 6 nitrogen and oxygen atoms in total. The Morgan fingerprint density at radius 3 is 2.95 bits per heavy atom. The van der Waals surface area contributed by atoms with E-state index in [9.17, 15) is 4.79 Å². The van der Waals surface area contributed by atoms with Crippen molar-refractivity contribution in [2.75, 3.05) is 36.4 Å². The van der Waals surface area contributed by atoms with Gasteiger partial charge in [0.1, 0.15) is 5.60 Å². The molecule has 0 radical (unpaired) electrons. The number of carbonyl (C=O) groups excluding carboxylic acids is 1. The highest BCUT2D eigenvalue weighted by Gasteiger charge is 2.35. The summed E-state index contributed by atoms with van der Waals surface area (Å²) in [5.41, 5.74) is 0.579. The first-order chi connectivity index (χ1) is 10.3. The van der Waals surface area contributed by atoms with Crippen molar-refractivity contribution in [1.82, 2.24) is 9.88 Å². The highest BCUT2D eigenvalue weighted by atomic mass is 79.9. The van der Waals surface area contributed by atoms with Crippen molar-refractivity contribution in [1.29, 1.82) is 0 Å². The first-order valence-electron chi connectivity index (χ1n) is 7.47. The van der Waals surface area contributed by atoms with E-state index in [1.54, 1.807) is 4.90 Å². The van der Waals surface area contributed by atoms with Crippen molar-refractivity contribution in [2.45, 2.75) is 32.4 Å². The third-order valence-electron chi connectivity index (χ3n) is 3.77. The molecular formula is C15H21BrN4O2. The van der Waals surface area contributed by atoms with Gasteiger partial charge in [0.05, 0.1) is 11.7 Å². The second-order valence-electron chi connectivity index (χ2n) is 6.68. The van der Waals surface area contributed by atoms with Gasteiger partial charge in [-0.1, -0.05) is 0 Å². The van der Waals surface area contributed by atoms with E-state index in [1.165, 1.54) is 0 Å². The topological polar surface area (TPSA) is 57.7 Å². The quantitative estimate of drug-likeness (QED) is 0.762. The fraction of sp³-hybridized carbons (Fsp3) is 0.600. The summed E-state index contributed by atoms with van der Waals surface area (Å²) >= 11 is 3.44. The Morgan fingerprint density at radius 2 is 2.23 bits per heavy atom. The monoisotopic (exact) mass is 368 g/mol. The Labute approximate surface area is 139 Å². The van der Waals surface area contributed by atoms with Gasteiger partial charge in [-0.05, 0) is 42.8 Å². The molecule has 1 amide bonds. The summed E-state index contributed by atoms with van der Waals surface area (Å²) in [6.07, 6.45) is 1.57. The maximum atomic E-state index is 12.2. The molecule has 1 saturated heterocycles. The summed E-state index contributed by atoms with van der Waals surface area (Å²) < 4.78 is 6.43. The zero-order valence-corrected chi connectivity index (χ0v) is 14.7. The first kappa shape index (κ1) is 15.4.